The van der Waals surface area contributed by atoms with E-state index < -0.39 is 5.60 Å². The number of aromatic nitrogens is 4. The topological polar surface area (TPSA) is 82.2 Å². The van der Waals surface area contributed by atoms with Gasteiger partial charge < -0.3 is 9.64 Å². The number of hydrogen-bond acceptors (Lipinski definition) is 5. The van der Waals surface area contributed by atoms with Gasteiger partial charge in [0.05, 0.1) is 6.04 Å². The zero-order valence-corrected chi connectivity index (χ0v) is 14.3. The van der Waals surface area contributed by atoms with Crippen molar-refractivity contribution in [1.29, 1.82) is 0 Å². The zero-order valence-electron chi connectivity index (χ0n) is 14.3. The number of nitrogens with zero attached hydrogens (tertiary/aromatic N) is 5. The van der Waals surface area contributed by atoms with Gasteiger partial charge in [0, 0.05) is 31.0 Å². The van der Waals surface area contributed by atoms with Crippen LogP contribution in [0.3, 0.4) is 0 Å². The molecular weight excluding hydrogens is 310 g/mol. The second-order valence-electron chi connectivity index (χ2n) is 6.90. The quantitative estimate of drug-likeness (QED) is 0.833. The normalized spacial score (nSPS) is 15.2. The maximum atomic E-state index is 12.1. The lowest BCUT2D eigenvalue weighted by Crippen LogP contribution is -2.54. The molecule has 0 atom stereocenters. The number of likely N-dealkylation sites (tertiary alicyclic amines) is 1. The number of hydrogen-bond donors (Lipinski definition) is 0. The van der Waals surface area contributed by atoms with Crippen molar-refractivity contribution < 1.29 is 9.53 Å². The molecule has 3 rings (SSSR count). The van der Waals surface area contributed by atoms with Gasteiger partial charge in [0.25, 0.3) is 5.56 Å². The van der Waals surface area contributed by atoms with Crippen molar-refractivity contribution in [3.8, 4) is 5.82 Å². The minimum atomic E-state index is -0.533. The highest BCUT2D eigenvalue weighted by atomic mass is 16.6. The first kappa shape index (κ1) is 16.2. The minimum absolute atomic E-state index is 0.152. The number of aryl methyl sites for hydroxylation is 1. The van der Waals surface area contributed by atoms with Gasteiger partial charge in [-0.1, -0.05) is 0 Å². The molecule has 1 fully saturated rings. The molecule has 0 bridgehead atoms. The third-order valence-electron chi connectivity index (χ3n) is 3.72. The average Bonchev–Trinajstić information content (AvgIpc) is 2.83. The predicted octanol–water partition coefficient (Wildman–Crippen LogP) is 1.53. The van der Waals surface area contributed by atoms with Gasteiger partial charge in [-0.25, -0.2) is 14.2 Å². The van der Waals surface area contributed by atoms with E-state index >= 15 is 0 Å². The monoisotopic (exact) mass is 331 g/mol. The number of ether oxygens (including phenoxy) is 1. The Bertz CT molecular complexity index is 812. The number of carbonyl (C=O) groups is 1. The standard InChI is InChI=1S/C16H21N5O3/c1-11-7-8-17-20(11)13-5-6-14(22)21(18-13)12-9-19(10-12)15(23)24-16(2,3)4/h5-8,12H,9-10H2,1-4H3. The summed E-state index contributed by atoms with van der Waals surface area (Å²) in [6.07, 6.45) is 1.31. The summed E-state index contributed by atoms with van der Waals surface area (Å²) in [5, 5.41) is 8.59. The van der Waals surface area contributed by atoms with E-state index in [1.807, 2.05) is 33.8 Å². The van der Waals surface area contributed by atoms with Crippen LogP contribution in [-0.2, 0) is 4.74 Å². The van der Waals surface area contributed by atoms with Gasteiger partial charge in [0.1, 0.15) is 5.60 Å². The predicted molar refractivity (Wildman–Crippen MR) is 87.2 cm³/mol. The SMILES string of the molecule is Cc1ccnn1-c1ccc(=O)n(C2CN(C(=O)OC(C)(C)C)C2)n1. The lowest BCUT2D eigenvalue weighted by Gasteiger charge is -2.39. The van der Waals surface area contributed by atoms with Crippen molar-refractivity contribution in [2.24, 2.45) is 0 Å². The van der Waals surface area contributed by atoms with Gasteiger partial charge in [-0.3, -0.25) is 4.79 Å². The molecule has 1 aliphatic rings. The van der Waals surface area contributed by atoms with Crippen LogP contribution in [-0.4, -0.2) is 49.2 Å². The fourth-order valence-electron chi connectivity index (χ4n) is 2.48. The average molecular weight is 331 g/mol. The number of carbonyl (C=O) groups excluding carboxylic acids is 1. The Morgan fingerprint density at radius 1 is 1.25 bits per heavy atom. The van der Waals surface area contributed by atoms with E-state index in [-0.39, 0.29) is 17.7 Å². The number of rotatable bonds is 2. The third kappa shape index (κ3) is 3.17. The second-order valence-corrected chi connectivity index (χ2v) is 6.90. The van der Waals surface area contributed by atoms with E-state index in [0.717, 1.165) is 5.69 Å². The lowest BCUT2D eigenvalue weighted by molar-refractivity contribution is -0.00104. The van der Waals surface area contributed by atoms with Crippen LogP contribution in [0.5, 0.6) is 0 Å². The Balaban J connectivity index is 1.74. The zero-order chi connectivity index (χ0) is 17.5. The summed E-state index contributed by atoms with van der Waals surface area (Å²) in [4.78, 5) is 25.6. The highest BCUT2D eigenvalue weighted by Crippen LogP contribution is 2.22. The minimum Gasteiger partial charge on any atom is -0.444 e. The Kier molecular flexibility index (Phi) is 3.90. The number of amides is 1. The molecule has 2 aromatic heterocycles. The van der Waals surface area contributed by atoms with Crippen molar-refractivity contribution in [3.63, 3.8) is 0 Å². The van der Waals surface area contributed by atoms with E-state index in [9.17, 15) is 9.59 Å². The van der Waals surface area contributed by atoms with Gasteiger partial charge in [0.15, 0.2) is 5.82 Å². The van der Waals surface area contributed by atoms with E-state index in [4.69, 9.17) is 4.74 Å². The Morgan fingerprint density at radius 3 is 2.54 bits per heavy atom. The first-order valence-corrected chi connectivity index (χ1v) is 7.83. The molecule has 2 aromatic rings. The van der Waals surface area contributed by atoms with Crippen molar-refractivity contribution in [2.45, 2.75) is 39.3 Å². The van der Waals surface area contributed by atoms with Crippen LogP contribution in [0, 0.1) is 6.92 Å². The first-order valence-electron chi connectivity index (χ1n) is 7.83. The second kappa shape index (κ2) is 5.77. The van der Waals surface area contributed by atoms with Gasteiger partial charge >= 0.3 is 6.09 Å². The third-order valence-corrected chi connectivity index (χ3v) is 3.72. The summed E-state index contributed by atoms with van der Waals surface area (Å²) < 4.78 is 8.40. The van der Waals surface area contributed by atoms with Crippen LogP contribution in [0.4, 0.5) is 4.79 Å². The maximum absolute atomic E-state index is 12.1. The molecule has 0 aromatic carbocycles. The molecule has 8 nitrogen and oxygen atoms in total. The summed E-state index contributed by atoms with van der Waals surface area (Å²) in [5.74, 6) is 0.577. The summed E-state index contributed by atoms with van der Waals surface area (Å²) >= 11 is 0. The van der Waals surface area contributed by atoms with E-state index in [1.54, 1.807) is 21.8 Å². The fraction of sp³-hybridized carbons (Fsp3) is 0.500. The molecule has 1 amide bonds. The summed E-state index contributed by atoms with van der Waals surface area (Å²) in [6.45, 7) is 8.20. The Labute approximate surface area is 139 Å². The Hall–Kier alpha value is -2.64. The fourth-order valence-corrected chi connectivity index (χ4v) is 2.48. The largest absolute Gasteiger partial charge is 0.444 e. The van der Waals surface area contributed by atoms with Crippen LogP contribution >= 0.6 is 0 Å². The van der Waals surface area contributed by atoms with Crippen molar-refractivity contribution >= 4 is 6.09 Å². The molecule has 24 heavy (non-hydrogen) atoms. The maximum Gasteiger partial charge on any atom is 0.410 e. The van der Waals surface area contributed by atoms with Gasteiger partial charge in [-0.2, -0.15) is 5.10 Å². The smallest absolute Gasteiger partial charge is 0.410 e. The van der Waals surface area contributed by atoms with Crippen LogP contribution < -0.4 is 5.56 Å². The van der Waals surface area contributed by atoms with Crippen molar-refractivity contribution in [3.05, 3.63) is 40.4 Å². The van der Waals surface area contributed by atoms with E-state index in [1.165, 1.54) is 10.7 Å². The van der Waals surface area contributed by atoms with Crippen LogP contribution in [0.1, 0.15) is 32.5 Å². The molecule has 0 saturated carbocycles. The molecule has 1 aliphatic heterocycles. The molecule has 0 unspecified atom stereocenters. The molecule has 0 N–H and O–H groups in total. The van der Waals surface area contributed by atoms with Gasteiger partial charge in [0.2, 0.25) is 0 Å². The Morgan fingerprint density at radius 2 is 1.96 bits per heavy atom. The molecule has 3 heterocycles. The molecule has 1 saturated heterocycles. The molecule has 8 heteroatoms. The van der Waals surface area contributed by atoms with Gasteiger partial charge in [-0.15, -0.1) is 5.10 Å². The van der Waals surface area contributed by atoms with Crippen LogP contribution in [0.2, 0.25) is 0 Å². The molecule has 0 radical (unpaired) electrons. The summed E-state index contributed by atoms with van der Waals surface area (Å²) in [7, 11) is 0. The summed E-state index contributed by atoms with van der Waals surface area (Å²) in [5.41, 5.74) is 0.198. The molecule has 0 aliphatic carbocycles. The van der Waals surface area contributed by atoms with Crippen molar-refractivity contribution in [1.82, 2.24) is 24.5 Å². The first-order chi connectivity index (χ1) is 11.2. The molecule has 128 valence electrons. The lowest BCUT2D eigenvalue weighted by atomic mass is 10.1. The van der Waals surface area contributed by atoms with Crippen LogP contribution in [0.25, 0.3) is 5.82 Å². The molecule has 0 spiro atoms. The van der Waals surface area contributed by atoms with Crippen LogP contribution in [0.15, 0.2) is 29.2 Å². The van der Waals surface area contributed by atoms with E-state index in [0.29, 0.717) is 18.9 Å². The highest BCUT2D eigenvalue weighted by Gasteiger charge is 2.36. The van der Waals surface area contributed by atoms with E-state index in [2.05, 4.69) is 10.2 Å². The van der Waals surface area contributed by atoms with Gasteiger partial charge in [-0.05, 0) is 39.8 Å². The van der Waals surface area contributed by atoms with Crippen molar-refractivity contribution in [2.75, 3.05) is 13.1 Å². The summed E-state index contributed by atoms with van der Waals surface area (Å²) in [6, 6.07) is 4.83. The highest BCUT2D eigenvalue weighted by molar-refractivity contribution is 5.69. The molecular formula is C16H21N5O3.